The van der Waals surface area contributed by atoms with Crippen molar-refractivity contribution < 1.29 is 4.57 Å². The van der Waals surface area contributed by atoms with Crippen LogP contribution in [0.25, 0.3) is 0 Å². The summed E-state index contributed by atoms with van der Waals surface area (Å²) in [7, 11) is 2.10. The van der Waals surface area contributed by atoms with E-state index in [0.717, 1.165) is 0 Å². The fraction of sp³-hybridized carbons (Fsp3) is 0.500. The molecule has 60 valence electrons. The van der Waals surface area contributed by atoms with Crippen molar-refractivity contribution in [3.8, 4) is 0 Å². The average Bonchev–Trinajstić information content (AvgIpc) is 1.85. The zero-order valence-corrected chi connectivity index (χ0v) is 7.76. The van der Waals surface area contributed by atoms with Gasteiger partial charge in [-0.1, -0.05) is 13.8 Å². The second-order valence-electron chi connectivity index (χ2n) is 3.40. The van der Waals surface area contributed by atoms with Crippen LogP contribution < -0.4 is 4.57 Å². The molecule has 0 saturated heterocycles. The van der Waals surface area contributed by atoms with Gasteiger partial charge in [0.25, 0.3) is 0 Å². The lowest BCUT2D eigenvalue weighted by Crippen LogP contribution is -2.34. The third-order valence-corrected chi connectivity index (χ3v) is 1.91. The van der Waals surface area contributed by atoms with Crippen LogP contribution >= 0.6 is 0 Å². The van der Waals surface area contributed by atoms with Gasteiger partial charge in [-0.3, -0.25) is 0 Å². The Hall–Kier alpha value is -0.850. The molecule has 0 aliphatic rings. The maximum Gasteiger partial charge on any atom is 0.183 e. The molecule has 1 aromatic heterocycles. The van der Waals surface area contributed by atoms with Crippen molar-refractivity contribution in [2.75, 3.05) is 0 Å². The number of hydrogen-bond donors (Lipinski definition) is 0. The van der Waals surface area contributed by atoms with Crippen LogP contribution in [0.1, 0.15) is 31.0 Å². The molecule has 0 saturated carbocycles. The molecule has 1 nitrogen and oxygen atoms in total. The summed E-state index contributed by atoms with van der Waals surface area (Å²) in [6, 6.07) is 4.36. The zero-order chi connectivity index (χ0) is 8.43. The van der Waals surface area contributed by atoms with Gasteiger partial charge in [0.15, 0.2) is 11.9 Å². The van der Waals surface area contributed by atoms with Crippen LogP contribution in [0.2, 0.25) is 0 Å². The predicted molar refractivity (Wildman–Crippen MR) is 46.4 cm³/mol. The molecule has 0 spiro atoms. The van der Waals surface area contributed by atoms with Gasteiger partial charge in [-0.25, -0.2) is 4.57 Å². The highest BCUT2D eigenvalue weighted by Crippen LogP contribution is 2.08. The summed E-state index contributed by atoms with van der Waals surface area (Å²) in [5.74, 6) is 0.612. The Morgan fingerprint density at radius 2 is 1.91 bits per heavy atom. The smallest absolute Gasteiger partial charge is 0.183 e. The van der Waals surface area contributed by atoms with E-state index in [1.165, 1.54) is 11.3 Å². The molecule has 0 aromatic carbocycles. The molecule has 1 aromatic rings. The number of pyridine rings is 1. The zero-order valence-electron chi connectivity index (χ0n) is 7.76. The van der Waals surface area contributed by atoms with Crippen LogP contribution in [-0.4, -0.2) is 0 Å². The fourth-order valence-corrected chi connectivity index (χ4v) is 1.36. The van der Waals surface area contributed by atoms with E-state index in [2.05, 4.69) is 50.7 Å². The highest BCUT2D eigenvalue weighted by molar-refractivity contribution is 5.09. The van der Waals surface area contributed by atoms with Crippen LogP contribution in [0.4, 0.5) is 0 Å². The fourth-order valence-electron chi connectivity index (χ4n) is 1.36. The number of rotatable bonds is 1. The first-order valence-corrected chi connectivity index (χ1v) is 4.07. The van der Waals surface area contributed by atoms with E-state index in [-0.39, 0.29) is 0 Å². The van der Waals surface area contributed by atoms with Crippen LogP contribution in [0.5, 0.6) is 0 Å². The van der Waals surface area contributed by atoms with E-state index < -0.39 is 0 Å². The Morgan fingerprint density at radius 1 is 1.27 bits per heavy atom. The van der Waals surface area contributed by atoms with Crippen molar-refractivity contribution in [2.24, 2.45) is 7.05 Å². The van der Waals surface area contributed by atoms with Gasteiger partial charge in [0.05, 0.1) is 0 Å². The molecule has 0 aliphatic carbocycles. The van der Waals surface area contributed by atoms with E-state index in [1.54, 1.807) is 0 Å². The predicted octanol–water partition coefficient (Wildman–Crippen LogP) is 1.94. The molecule has 0 bridgehead atoms. The van der Waals surface area contributed by atoms with Crippen LogP contribution in [0.3, 0.4) is 0 Å². The Morgan fingerprint density at radius 3 is 2.36 bits per heavy atom. The monoisotopic (exact) mass is 150 g/mol. The Bertz CT molecular complexity index is 251. The lowest BCUT2D eigenvalue weighted by atomic mass is 10.1. The van der Waals surface area contributed by atoms with Crippen LogP contribution in [-0.2, 0) is 7.05 Å². The summed E-state index contributed by atoms with van der Waals surface area (Å²) in [5, 5.41) is 0. The van der Waals surface area contributed by atoms with Gasteiger partial charge in [0.2, 0.25) is 0 Å². The topological polar surface area (TPSA) is 3.88 Å². The van der Waals surface area contributed by atoms with E-state index in [1.807, 2.05) is 0 Å². The first-order chi connectivity index (χ1) is 5.11. The molecule has 1 heterocycles. The van der Waals surface area contributed by atoms with Crippen molar-refractivity contribution in [1.29, 1.82) is 0 Å². The summed E-state index contributed by atoms with van der Waals surface area (Å²) < 4.78 is 2.19. The van der Waals surface area contributed by atoms with Gasteiger partial charge < -0.3 is 0 Å². The minimum absolute atomic E-state index is 0.612. The Balaban J connectivity index is 3.09. The van der Waals surface area contributed by atoms with Crippen molar-refractivity contribution in [3.63, 3.8) is 0 Å². The molecule has 0 atom stereocenters. The molecule has 1 heteroatoms. The molecule has 0 fully saturated rings. The summed E-state index contributed by atoms with van der Waals surface area (Å²) in [4.78, 5) is 0. The molecule has 0 unspecified atom stereocenters. The highest BCUT2D eigenvalue weighted by atomic mass is 14.9. The van der Waals surface area contributed by atoms with E-state index in [0.29, 0.717) is 5.92 Å². The Labute approximate surface area is 68.7 Å². The molecule has 0 aliphatic heterocycles. The van der Waals surface area contributed by atoms with E-state index in [9.17, 15) is 0 Å². The second kappa shape index (κ2) is 3.04. The third-order valence-electron chi connectivity index (χ3n) is 1.91. The summed E-state index contributed by atoms with van der Waals surface area (Å²) in [6.45, 7) is 6.54. The van der Waals surface area contributed by atoms with Gasteiger partial charge in [0.1, 0.15) is 7.05 Å². The number of nitrogens with zero attached hydrogens (tertiary/aromatic N) is 1. The van der Waals surface area contributed by atoms with E-state index >= 15 is 0 Å². The molecule has 0 amide bonds. The van der Waals surface area contributed by atoms with E-state index in [4.69, 9.17) is 0 Å². The minimum atomic E-state index is 0.612. The largest absolute Gasteiger partial charge is 0.205 e. The molecular formula is C10H16N+. The minimum Gasteiger partial charge on any atom is -0.205 e. The number of hydrogen-bond acceptors (Lipinski definition) is 0. The molecule has 0 radical (unpaired) electrons. The van der Waals surface area contributed by atoms with Gasteiger partial charge in [0, 0.05) is 17.5 Å². The molecule has 1 rings (SSSR count). The maximum atomic E-state index is 2.21. The highest BCUT2D eigenvalue weighted by Gasteiger charge is 2.09. The summed E-state index contributed by atoms with van der Waals surface area (Å²) in [5.41, 5.74) is 2.70. The average molecular weight is 150 g/mol. The first kappa shape index (κ1) is 8.25. The van der Waals surface area contributed by atoms with Gasteiger partial charge >= 0.3 is 0 Å². The quantitative estimate of drug-likeness (QED) is 0.539. The molecule has 11 heavy (non-hydrogen) atoms. The number of aryl methyl sites for hydroxylation is 2. The lowest BCUT2D eigenvalue weighted by molar-refractivity contribution is -0.680. The summed E-state index contributed by atoms with van der Waals surface area (Å²) in [6.07, 6.45) is 2.16. The van der Waals surface area contributed by atoms with Crippen molar-refractivity contribution in [1.82, 2.24) is 0 Å². The molecular weight excluding hydrogens is 134 g/mol. The van der Waals surface area contributed by atoms with Crippen molar-refractivity contribution in [2.45, 2.75) is 26.7 Å². The van der Waals surface area contributed by atoms with Crippen molar-refractivity contribution >= 4 is 0 Å². The molecule has 0 N–H and O–H groups in total. The third kappa shape index (κ3) is 1.79. The summed E-state index contributed by atoms with van der Waals surface area (Å²) >= 11 is 0. The van der Waals surface area contributed by atoms with Crippen molar-refractivity contribution in [3.05, 3.63) is 29.6 Å². The second-order valence-corrected chi connectivity index (χ2v) is 3.40. The van der Waals surface area contributed by atoms with Gasteiger partial charge in [-0.15, -0.1) is 0 Å². The lowest BCUT2D eigenvalue weighted by Gasteiger charge is -2.02. The van der Waals surface area contributed by atoms with Crippen LogP contribution in [0, 0.1) is 6.92 Å². The first-order valence-electron chi connectivity index (χ1n) is 4.07. The maximum absolute atomic E-state index is 2.21. The normalized spacial score (nSPS) is 10.6. The van der Waals surface area contributed by atoms with Gasteiger partial charge in [-0.2, -0.15) is 0 Å². The van der Waals surface area contributed by atoms with Crippen LogP contribution in [0.15, 0.2) is 18.3 Å². The van der Waals surface area contributed by atoms with Gasteiger partial charge in [-0.05, 0) is 13.0 Å². The SMILES string of the molecule is Cc1ccc(C(C)C)[n+](C)c1. The Kier molecular flexibility index (Phi) is 2.28. The number of aromatic nitrogens is 1. The standard InChI is InChI=1S/C10H16N/c1-8(2)10-6-5-9(3)7-11(10)4/h5-8H,1-4H3/q+1.